The van der Waals surface area contributed by atoms with Crippen LogP contribution >= 0.6 is 0 Å². The van der Waals surface area contributed by atoms with Gasteiger partial charge in [0.2, 0.25) is 0 Å². The van der Waals surface area contributed by atoms with Gasteiger partial charge in [0.25, 0.3) is 0 Å². The lowest BCUT2D eigenvalue weighted by Gasteiger charge is -2.28. The van der Waals surface area contributed by atoms with E-state index in [0.717, 1.165) is 37.6 Å². The maximum Gasteiger partial charge on any atom is 0.128 e. The molecular formula is C12H19N3O. The highest BCUT2D eigenvalue weighted by atomic mass is 16.2. The number of anilines is 1. The quantitative estimate of drug-likeness (QED) is 0.772. The van der Waals surface area contributed by atoms with E-state index in [0.29, 0.717) is 6.42 Å². The minimum atomic E-state index is 0.190. The number of aryl methyl sites for hydroxylation is 1. The highest BCUT2D eigenvalue weighted by Gasteiger charge is 2.12. The van der Waals surface area contributed by atoms with Gasteiger partial charge in [-0.2, -0.15) is 0 Å². The fourth-order valence-corrected chi connectivity index (χ4v) is 2.02. The summed E-state index contributed by atoms with van der Waals surface area (Å²) < 4.78 is 0. The van der Waals surface area contributed by atoms with Gasteiger partial charge in [-0.1, -0.05) is 0 Å². The van der Waals surface area contributed by atoms with Crippen LogP contribution < -0.4 is 10.2 Å². The summed E-state index contributed by atoms with van der Waals surface area (Å²) in [6.45, 7) is 6.36. The zero-order valence-corrected chi connectivity index (χ0v) is 9.74. The SMILES string of the molecule is Cc1cc(N2CCNCC2)ncc1CCO. The molecule has 0 atom stereocenters. The van der Waals surface area contributed by atoms with Gasteiger partial charge in [0, 0.05) is 39.0 Å². The lowest BCUT2D eigenvalue weighted by atomic mass is 10.1. The third kappa shape index (κ3) is 2.51. The normalized spacial score (nSPS) is 16.5. The lowest BCUT2D eigenvalue weighted by molar-refractivity contribution is 0.299. The van der Waals surface area contributed by atoms with Crippen LogP contribution in [0.15, 0.2) is 12.3 Å². The minimum Gasteiger partial charge on any atom is -0.396 e. The molecule has 0 spiro atoms. The second-order valence-electron chi connectivity index (χ2n) is 4.18. The van der Waals surface area contributed by atoms with Crippen molar-refractivity contribution < 1.29 is 5.11 Å². The van der Waals surface area contributed by atoms with E-state index in [1.165, 1.54) is 5.56 Å². The summed E-state index contributed by atoms with van der Waals surface area (Å²) >= 11 is 0. The number of nitrogens with one attached hydrogen (secondary N) is 1. The van der Waals surface area contributed by atoms with Gasteiger partial charge in [-0.05, 0) is 30.5 Å². The Morgan fingerprint density at radius 2 is 2.19 bits per heavy atom. The molecule has 2 rings (SSSR count). The van der Waals surface area contributed by atoms with Crippen LogP contribution in [0.2, 0.25) is 0 Å². The molecule has 1 saturated heterocycles. The minimum absolute atomic E-state index is 0.190. The van der Waals surface area contributed by atoms with E-state index in [-0.39, 0.29) is 6.61 Å². The van der Waals surface area contributed by atoms with E-state index < -0.39 is 0 Å². The molecule has 0 unspecified atom stereocenters. The van der Waals surface area contributed by atoms with Gasteiger partial charge in [-0.25, -0.2) is 4.98 Å². The van der Waals surface area contributed by atoms with Gasteiger partial charge < -0.3 is 15.3 Å². The third-order valence-electron chi connectivity index (χ3n) is 3.03. The summed E-state index contributed by atoms with van der Waals surface area (Å²) in [5, 5.41) is 12.2. The predicted octanol–water partition coefficient (Wildman–Crippen LogP) is 0.334. The first-order chi connectivity index (χ1) is 7.81. The van der Waals surface area contributed by atoms with Crippen LogP contribution in [0.25, 0.3) is 0 Å². The molecular weight excluding hydrogens is 202 g/mol. The maximum absolute atomic E-state index is 8.92. The van der Waals surface area contributed by atoms with E-state index in [2.05, 4.69) is 28.2 Å². The van der Waals surface area contributed by atoms with Crippen LogP contribution in [-0.4, -0.2) is 42.9 Å². The molecule has 1 aromatic heterocycles. The first-order valence-electron chi connectivity index (χ1n) is 5.83. The Morgan fingerprint density at radius 1 is 1.44 bits per heavy atom. The van der Waals surface area contributed by atoms with Crippen LogP contribution in [0.3, 0.4) is 0 Å². The summed E-state index contributed by atoms with van der Waals surface area (Å²) in [5.74, 6) is 1.06. The highest BCUT2D eigenvalue weighted by Crippen LogP contribution is 2.16. The Hall–Kier alpha value is -1.13. The molecule has 1 aliphatic heterocycles. The van der Waals surface area contributed by atoms with Crippen molar-refractivity contribution in [3.05, 3.63) is 23.4 Å². The number of aliphatic hydroxyl groups excluding tert-OH is 1. The molecule has 0 radical (unpaired) electrons. The smallest absolute Gasteiger partial charge is 0.128 e. The van der Waals surface area contributed by atoms with Gasteiger partial charge >= 0.3 is 0 Å². The van der Waals surface area contributed by atoms with Crippen LogP contribution in [0.4, 0.5) is 5.82 Å². The number of piperazine rings is 1. The summed E-state index contributed by atoms with van der Waals surface area (Å²) in [6, 6.07) is 2.12. The Balaban J connectivity index is 2.13. The van der Waals surface area contributed by atoms with Crippen molar-refractivity contribution in [2.24, 2.45) is 0 Å². The van der Waals surface area contributed by atoms with Crippen molar-refractivity contribution in [3.8, 4) is 0 Å². The molecule has 16 heavy (non-hydrogen) atoms. The lowest BCUT2D eigenvalue weighted by Crippen LogP contribution is -2.43. The second kappa shape index (κ2) is 5.27. The van der Waals surface area contributed by atoms with E-state index in [1.807, 2.05) is 6.20 Å². The molecule has 2 N–H and O–H groups in total. The maximum atomic E-state index is 8.92. The van der Waals surface area contributed by atoms with Crippen molar-refractivity contribution in [3.63, 3.8) is 0 Å². The Bertz CT molecular complexity index is 348. The zero-order valence-electron chi connectivity index (χ0n) is 9.74. The number of hydrogen-bond acceptors (Lipinski definition) is 4. The molecule has 0 bridgehead atoms. The van der Waals surface area contributed by atoms with Crippen molar-refractivity contribution in [1.82, 2.24) is 10.3 Å². The fourth-order valence-electron chi connectivity index (χ4n) is 2.02. The monoisotopic (exact) mass is 221 g/mol. The Labute approximate surface area is 96.3 Å². The van der Waals surface area contributed by atoms with E-state index in [9.17, 15) is 0 Å². The highest BCUT2D eigenvalue weighted by molar-refractivity contribution is 5.43. The molecule has 1 fully saturated rings. The molecule has 88 valence electrons. The molecule has 0 aromatic carbocycles. The van der Waals surface area contributed by atoms with Gasteiger partial charge in [-0.3, -0.25) is 0 Å². The van der Waals surface area contributed by atoms with Crippen LogP contribution in [0.5, 0.6) is 0 Å². The average Bonchev–Trinajstić information content (AvgIpc) is 2.33. The van der Waals surface area contributed by atoms with Gasteiger partial charge in [0.15, 0.2) is 0 Å². The average molecular weight is 221 g/mol. The standard InChI is InChI=1S/C12H19N3O/c1-10-8-12(14-9-11(10)2-7-16)15-5-3-13-4-6-15/h8-9,13,16H,2-7H2,1H3. The predicted molar refractivity (Wildman–Crippen MR) is 64.8 cm³/mol. The number of pyridine rings is 1. The van der Waals surface area contributed by atoms with Crippen molar-refractivity contribution in [1.29, 1.82) is 0 Å². The molecule has 2 heterocycles. The summed E-state index contributed by atoms with van der Waals surface area (Å²) in [5.41, 5.74) is 2.36. The molecule has 0 amide bonds. The zero-order chi connectivity index (χ0) is 11.4. The van der Waals surface area contributed by atoms with E-state index in [4.69, 9.17) is 5.11 Å². The van der Waals surface area contributed by atoms with Gasteiger partial charge in [0.05, 0.1) is 0 Å². The summed E-state index contributed by atoms with van der Waals surface area (Å²) in [7, 11) is 0. The molecule has 0 saturated carbocycles. The van der Waals surface area contributed by atoms with Crippen molar-refractivity contribution in [2.75, 3.05) is 37.7 Å². The molecule has 1 aromatic rings. The number of hydrogen-bond donors (Lipinski definition) is 2. The first-order valence-corrected chi connectivity index (χ1v) is 5.83. The second-order valence-corrected chi connectivity index (χ2v) is 4.18. The van der Waals surface area contributed by atoms with E-state index >= 15 is 0 Å². The van der Waals surface area contributed by atoms with Crippen molar-refractivity contribution >= 4 is 5.82 Å². The Kier molecular flexibility index (Phi) is 3.74. The molecule has 0 aliphatic carbocycles. The molecule has 4 heteroatoms. The van der Waals surface area contributed by atoms with Gasteiger partial charge in [-0.15, -0.1) is 0 Å². The number of nitrogens with zero attached hydrogens (tertiary/aromatic N) is 2. The fraction of sp³-hybridized carbons (Fsp3) is 0.583. The Morgan fingerprint density at radius 3 is 2.81 bits per heavy atom. The van der Waals surface area contributed by atoms with E-state index in [1.54, 1.807) is 0 Å². The van der Waals surface area contributed by atoms with Crippen molar-refractivity contribution in [2.45, 2.75) is 13.3 Å². The largest absolute Gasteiger partial charge is 0.396 e. The number of aromatic nitrogens is 1. The molecule has 1 aliphatic rings. The van der Waals surface area contributed by atoms with Gasteiger partial charge in [0.1, 0.15) is 5.82 Å². The van der Waals surface area contributed by atoms with Crippen LogP contribution in [0.1, 0.15) is 11.1 Å². The van der Waals surface area contributed by atoms with Crippen LogP contribution in [0, 0.1) is 6.92 Å². The van der Waals surface area contributed by atoms with Crippen LogP contribution in [-0.2, 0) is 6.42 Å². The summed E-state index contributed by atoms with van der Waals surface area (Å²) in [6.07, 6.45) is 2.59. The molecule has 4 nitrogen and oxygen atoms in total. The number of rotatable bonds is 3. The first kappa shape index (κ1) is 11.4. The summed E-state index contributed by atoms with van der Waals surface area (Å²) in [4.78, 5) is 6.77. The topological polar surface area (TPSA) is 48.4 Å². The number of aliphatic hydroxyl groups is 1. The third-order valence-corrected chi connectivity index (χ3v) is 3.03.